The van der Waals surface area contributed by atoms with Gasteiger partial charge in [-0.3, -0.25) is 9.97 Å². The Balaban J connectivity index is 2.48. The third kappa shape index (κ3) is 2.98. The molecular formula is C11H8N8. The summed E-state index contributed by atoms with van der Waals surface area (Å²) >= 11 is 0. The predicted octanol–water partition coefficient (Wildman–Crippen LogP) is 3.90. The molecule has 0 aliphatic carbocycles. The van der Waals surface area contributed by atoms with E-state index in [2.05, 4.69) is 30.0 Å². The molecule has 8 heteroatoms. The van der Waals surface area contributed by atoms with Crippen molar-refractivity contribution >= 4 is 5.69 Å². The van der Waals surface area contributed by atoms with Gasteiger partial charge in [-0.05, 0) is 34.8 Å². The normalized spacial score (nSPS) is 9.26. The summed E-state index contributed by atoms with van der Waals surface area (Å²) in [5.41, 5.74) is 19.4. The van der Waals surface area contributed by atoms with E-state index in [0.717, 1.165) is 11.1 Å². The van der Waals surface area contributed by atoms with Crippen molar-refractivity contribution < 1.29 is 0 Å². The van der Waals surface area contributed by atoms with Crippen molar-refractivity contribution in [1.82, 2.24) is 9.97 Å². The highest BCUT2D eigenvalue weighted by Gasteiger charge is 2.06. The maximum Gasteiger partial charge on any atom is 0.0724 e. The zero-order valence-electron chi connectivity index (χ0n) is 9.75. The SMILES string of the molecule is [N-]=[N+]=NCc1ccncc1-c1cc(N=[N+]=[N-])ccn1. The maximum absolute atomic E-state index is 8.42. The van der Waals surface area contributed by atoms with Gasteiger partial charge in [0.25, 0.3) is 0 Å². The number of pyridine rings is 2. The van der Waals surface area contributed by atoms with E-state index >= 15 is 0 Å². The van der Waals surface area contributed by atoms with Crippen molar-refractivity contribution in [3.63, 3.8) is 0 Å². The number of rotatable bonds is 4. The fourth-order valence-electron chi connectivity index (χ4n) is 1.58. The maximum atomic E-state index is 8.42. The van der Waals surface area contributed by atoms with Crippen molar-refractivity contribution in [2.24, 2.45) is 10.2 Å². The lowest BCUT2D eigenvalue weighted by atomic mass is 10.1. The quantitative estimate of drug-likeness (QED) is 0.465. The van der Waals surface area contributed by atoms with Crippen molar-refractivity contribution in [1.29, 1.82) is 0 Å². The summed E-state index contributed by atoms with van der Waals surface area (Å²) in [5, 5.41) is 7.05. The third-order valence-electron chi connectivity index (χ3n) is 2.40. The molecule has 0 spiro atoms. The van der Waals surface area contributed by atoms with Gasteiger partial charge in [0.1, 0.15) is 0 Å². The summed E-state index contributed by atoms with van der Waals surface area (Å²) in [6, 6.07) is 5.01. The van der Waals surface area contributed by atoms with Crippen LogP contribution in [-0.2, 0) is 6.54 Å². The Hall–Kier alpha value is -3.08. The van der Waals surface area contributed by atoms with E-state index in [9.17, 15) is 0 Å². The minimum absolute atomic E-state index is 0.210. The van der Waals surface area contributed by atoms with Crippen LogP contribution in [0.2, 0.25) is 0 Å². The highest BCUT2D eigenvalue weighted by Crippen LogP contribution is 2.24. The molecule has 92 valence electrons. The smallest absolute Gasteiger partial charge is 0.0724 e. The van der Waals surface area contributed by atoms with Gasteiger partial charge >= 0.3 is 0 Å². The Labute approximate surface area is 108 Å². The first-order valence-corrected chi connectivity index (χ1v) is 5.30. The summed E-state index contributed by atoms with van der Waals surface area (Å²) in [7, 11) is 0. The zero-order chi connectivity index (χ0) is 13.5. The van der Waals surface area contributed by atoms with Gasteiger partial charge in [-0.25, -0.2) is 0 Å². The first-order valence-electron chi connectivity index (χ1n) is 5.30. The summed E-state index contributed by atoms with van der Waals surface area (Å²) < 4.78 is 0. The third-order valence-corrected chi connectivity index (χ3v) is 2.40. The fourth-order valence-corrected chi connectivity index (χ4v) is 1.58. The van der Waals surface area contributed by atoms with Gasteiger partial charge in [-0.1, -0.05) is 10.2 Å². The highest BCUT2D eigenvalue weighted by atomic mass is 15.1. The van der Waals surface area contributed by atoms with Gasteiger partial charge in [-0.15, -0.1) is 0 Å². The minimum Gasteiger partial charge on any atom is -0.264 e. The Kier molecular flexibility index (Phi) is 3.92. The number of aromatic nitrogens is 2. The van der Waals surface area contributed by atoms with Crippen LogP contribution in [0.3, 0.4) is 0 Å². The molecule has 0 bridgehead atoms. The van der Waals surface area contributed by atoms with Crippen LogP contribution < -0.4 is 0 Å². The van der Waals surface area contributed by atoms with Crippen molar-refractivity contribution in [2.45, 2.75) is 6.54 Å². The Morgan fingerprint density at radius 3 is 2.84 bits per heavy atom. The van der Waals surface area contributed by atoms with Gasteiger partial charge in [0.15, 0.2) is 0 Å². The molecule has 0 aliphatic heterocycles. The molecule has 0 fully saturated rings. The molecule has 0 N–H and O–H groups in total. The fraction of sp³-hybridized carbons (Fsp3) is 0.0909. The van der Waals surface area contributed by atoms with Crippen LogP contribution in [0.4, 0.5) is 5.69 Å². The van der Waals surface area contributed by atoms with E-state index in [-0.39, 0.29) is 6.54 Å². The standard InChI is InChI=1S/C11H8N8/c12-18-16-6-8-1-3-14-7-10(8)11-5-9(17-19-13)2-4-15-11/h1-5,7H,6H2. The summed E-state index contributed by atoms with van der Waals surface area (Å²) in [6.07, 6.45) is 4.79. The molecule has 2 aromatic heterocycles. The minimum atomic E-state index is 0.210. The van der Waals surface area contributed by atoms with E-state index < -0.39 is 0 Å². The first kappa shape index (κ1) is 12.4. The number of hydrogen-bond donors (Lipinski definition) is 0. The van der Waals surface area contributed by atoms with Gasteiger partial charge in [0.05, 0.1) is 12.2 Å². The number of nitrogens with zero attached hydrogens (tertiary/aromatic N) is 8. The molecule has 0 saturated heterocycles. The van der Waals surface area contributed by atoms with E-state index in [0.29, 0.717) is 11.4 Å². The van der Waals surface area contributed by atoms with Gasteiger partial charge in [-0.2, -0.15) is 0 Å². The van der Waals surface area contributed by atoms with Crippen LogP contribution in [0.5, 0.6) is 0 Å². The highest BCUT2D eigenvalue weighted by molar-refractivity contribution is 5.65. The van der Waals surface area contributed by atoms with Gasteiger partial charge in [0, 0.05) is 39.7 Å². The van der Waals surface area contributed by atoms with Crippen LogP contribution in [0.25, 0.3) is 32.1 Å². The molecule has 0 unspecified atom stereocenters. The summed E-state index contributed by atoms with van der Waals surface area (Å²) in [6.45, 7) is 0.210. The Morgan fingerprint density at radius 1 is 1.16 bits per heavy atom. The van der Waals surface area contributed by atoms with Crippen LogP contribution in [0.1, 0.15) is 5.56 Å². The van der Waals surface area contributed by atoms with Crippen LogP contribution in [0, 0.1) is 0 Å². The molecule has 0 radical (unpaired) electrons. The number of azide groups is 2. The van der Waals surface area contributed by atoms with Crippen molar-refractivity contribution in [3.8, 4) is 11.3 Å². The summed E-state index contributed by atoms with van der Waals surface area (Å²) in [4.78, 5) is 13.7. The van der Waals surface area contributed by atoms with Gasteiger partial charge < -0.3 is 0 Å². The molecule has 8 nitrogen and oxygen atoms in total. The van der Waals surface area contributed by atoms with Crippen LogP contribution in [0.15, 0.2) is 47.0 Å². The zero-order valence-corrected chi connectivity index (χ0v) is 9.75. The van der Waals surface area contributed by atoms with E-state index in [1.807, 2.05) is 0 Å². The Bertz CT molecular complexity index is 683. The first-order chi connectivity index (χ1) is 9.35. The van der Waals surface area contributed by atoms with Crippen LogP contribution in [-0.4, -0.2) is 9.97 Å². The van der Waals surface area contributed by atoms with E-state index in [4.69, 9.17) is 11.1 Å². The molecule has 2 aromatic rings. The lowest BCUT2D eigenvalue weighted by molar-refractivity contribution is 1.04. The molecule has 0 aromatic carbocycles. The second kappa shape index (κ2) is 6.02. The molecule has 19 heavy (non-hydrogen) atoms. The molecule has 0 aliphatic rings. The second-order valence-corrected chi connectivity index (χ2v) is 3.51. The van der Waals surface area contributed by atoms with Crippen molar-refractivity contribution in [3.05, 3.63) is 63.2 Å². The lowest BCUT2D eigenvalue weighted by Gasteiger charge is -2.06. The number of hydrogen-bond acceptors (Lipinski definition) is 4. The van der Waals surface area contributed by atoms with Gasteiger partial charge in [0.2, 0.25) is 0 Å². The van der Waals surface area contributed by atoms with E-state index in [1.165, 1.54) is 0 Å². The average molecular weight is 252 g/mol. The van der Waals surface area contributed by atoms with E-state index in [1.54, 1.807) is 36.8 Å². The van der Waals surface area contributed by atoms with Crippen LogP contribution >= 0.6 is 0 Å². The molecule has 0 amide bonds. The molecule has 2 rings (SSSR count). The Morgan fingerprint density at radius 2 is 2.05 bits per heavy atom. The predicted molar refractivity (Wildman–Crippen MR) is 69.1 cm³/mol. The largest absolute Gasteiger partial charge is 0.264 e. The average Bonchev–Trinajstić information content (AvgIpc) is 2.46. The lowest BCUT2D eigenvalue weighted by Crippen LogP contribution is -1.91. The second-order valence-electron chi connectivity index (χ2n) is 3.51. The van der Waals surface area contributed by atoms with Crippen molar-refractivity contribution in [2.75, 3.05) is 0 Å². The molecule has 0 saturated carbocycles. The monoisotopic (exact) mass is 252 g/mol. The summed E-state index contributed by atoms with van der Waals surface area (Å²) in [5.74, 6) is 0. The molecule has 2 heterocycles. The molecule has 0 atom stereocenters. The molecular weight excluding hydrogens is 244 g/mol. The topological polar surface area (TPSA) is 123 Å².